The molecule has 0 radical (unpaired) electrons. The predicted octanol–water partition coefficient (Wildman–Crippen LogP) is 36.8. The van der Waals surface area contributed by atoms with Crippen LogP contribution >= 0.6 is 0 Å². The molecule has 2 aromatic heterocycles. The first kappa shape index (κ1) is 82.5. The van der Waals surface area contributed by atoms with Crippen molar-refractivity contribution in [1.29, 1.82) is 0 Å². The zero-order valence-corrected chi connectivity index (χ0v) is 77.3. The van der Waals surface area contributed by atoms with Crippen molar-refractivity contribution in [3.8, 4) is 123 Å². The van der Waals surface area contributed by atoms with Crippen molar-refractivity contribution in [2.75, 3.05) is 9.80 Å². The smallest absolute Gasteiger partial charge is 0.0541 e. The van der Waals surface area contributed by atoms with Gasteiger partial charge in [0.25, 0.3) is 0 Å². The molecule has 0 N–H and O–H groups in total. The Balaban J connectivity index is 0.000000146. The van der Waals surface area contributed by atoms with Crippen molar-refractivity contribution in [1.82, 2.24) is 9.13 Å². The second kappa shape index (κ2) is 33.9. The maximum atomic E-state index is 2.42. The molecule has 2 aliphatic rings. The van der Waals surface area contributed by atoms with Crippen molar-refractivity contribution in [2.45, 2.75) is 38.5 Å². The third-order valence-corrected chi connectivity index (χ3v) is 29.2. The fourth-order valence-electron chi connectivity index (χ4n) is 22.1. The molecule has 0 aliphatic heterocycles. The van der Waals surface area contributed by atoms with E-state index < -0.39 is 0 Å². The van der Waals surface area contributed by atoms with Gasteiger partial charge in [0.05, 0.1) is 22.1 Å². The Morgan fingerprint density at radius 1 is 0.152 bits per heavy atom. The highest BCUT2D eigenvalue weighted by Crippen LogP contribution is 2.54. The molecule has 2 heterocycles. The van der Waals surface area contributed by atoms with E-state index in [1.807, 2.05) is 0 Å². The Morgan fingerprint density at radius 3 is 0.913 bits per heavy atom. The Labute approximate surface area is 805 Å². The highest BCUT2D eigenvalue weighted by molar-refractivity contribution is 6.12. The number of aromatic nitrogens is 2. The Bertz CT molecular complexity index is 8810. The van der Waals surface area contributed by atoms with Crippen LogP contribution in [0.2, 0.25) is 0 Å². The molecule has 138 heavy (non-hydrogen) atoms. The molecule has 4 heteroatoms. The summed E-state index contributed by atoms with van der Waals surface area (Å²) in [7, 11) is 0. The van der Waals surface area contributed by atoms with Gasteiger partial charge >= 0.3 is 0 Å². The normalized spacial score (nSPS) is 12.6. The summed E-state index contributed by atoms with van der Waals surface area (Å²) in [5.74, 6) is 0. The molecule has 0 bridgehead atoms. The quantitative estimate of drug-likeness (QED) is 0.0959. The van der Waals surface area contributed by atoms with E-state index in [0.717, 1.165) is 45.5 Å². The van der Waals surface area contributed by atoms with E-state index >= 15 is 0 Å². The molecule has 22 aromatic carbocycles. The molecule has 652 valence electrons. The van der Waals surface area contributed by atoms with Gasteiger partial charge in [-0.2, -0.15) is 0 Å². The SMILES string of the molecule is CC1(C)c2ccccc2-c2ccc(N(c3ccc(-c4ccc5ccccc5c4)cc3)c3cccc(-c4ccc(-c5ccc6c(c5)c5ccccc5n6-c5ccc(-c6ccccc6)cc5)cc4)c3)cc21.CC1(C)c2ccccc2-c2ccc(N(c3ccc(-c4cccc5ccccc45)cc3)c3cccc(-c4ccc(-c5ccc6c(c5)c5ccccc5n6-c5ccc(-c6ccccc6)cc5)cc4)c3)cc21. The lowest BCUT2D eigenvalue weighted by Gasteiger charge is -2.28. The number of nitrogens with zero attached hydrogens (tertiary/aromatic N) is 4. The molecule has 0 spiro atoms. The molecule has 0 saturated carbocycles. The van der Waals surface area contributed by atoms with Gasteiger partial charge in [0.2, 0.25) is 0 Å². The second-order valence-corrected chi connectivity index (χ2v) is 37.9. The van der Waals surface area contributed by atoms with Crippen LogP contribution < -0.4 is 9.80 Å². The fourth-order valence-corrected chi connectivity index (χ4v) is 22.1. The largest absolute Gasteiger partial charge is 0.310 e. The van der Waals surface area contributed by atoms with Gasteiger partial charge in [-0.25, -0.2) is 0 Å². The molecule has 24 aromatic rings. The van der Waals surface area contributed by atoms with Gasteiger partial charge in [-0.1, -0.05) is 398 Å². The highest BCUT2D eigenvalue weighted by Gasteiger charge is 2.38. The molecule has 0 fully saturated rings. The van der Waals surface area contributed by atoms with E-state index in [1.165, 1.54) is 199 Å². The van der Waals surface area contributed by atoms with Gasteiger partial charge in [-0.3, -0.25) is 0 Å². The van der Waals surface area contributed by atoms with Crippen LogP contribution in [0.1, 0.15) is 49.9 Å². The number of rotatable bonds is 16. The van der Waals surface area contributed by atoms with Gasteiger partial charge in [-0.15, -0.1) is 0 Å². The molecule has 4 nitrogen and oxygen atoms in total. The first-order chi connectivity index (χ1) is 67.9. The van der Waals surface area contributed by atoms with E-state index in [1.54, 1.807) is 0 Å². The summed E-state index contributed by atoms with van der Waals surface area (Å²) >= 11 is 0. The summed E-state index contributed by atoms with van der Waals surface area (Å²) in [4.78, 5) is 4.85. The number of hydrogen-bond acceptors (Lipinski definition) is 2. The van der Waals surface area contributed by atoms with Crippen LogP contribution in [-0.4, -0.2) is 9.13 Å². The van der Waals surface area contributed by atoms with Crippen LogP contribution in [-0.2, 0) is 10.8 Å². The summed E-state index contributed by atoms with van der Waals surface area (Å²) in [5, 5.41) is 10.0. The van der Waals surface area contributed by atoms with Gasteiger partial charge in [0.1, 0.15) is 0 Å². The van der Waals surface area contributed by atoms with Crippen LogP contribution in [0.5, 0.6) is 0 Å². The number of fused-ring (bicyclic) bond motifs is 14. The van der Waals surface area contributed by atoms with Gasteiger partial charge < -0.3 is 18.9 Å². The van der Waals surface area contributed by atoms with Crippen molar-refractivity contribution in [3.05, 3.63) is 532 Å². The van der Waals surface area contributed by atoms with E-state index in [9.17, 15) is 0 Å². The minimum absolute atomic E-state index is 0.117. The summed E-state index contributed by atoms with van der Waals surface area (Å²) in [6.45, 7) is 9.43. The monoisotopic (exact) mass is 1760 g/mol. The zero-order valence-electron chi connectivity index (χ0n) is 77.3. The van der Waals surface area contributed by atoms with E-state index in [4.69, 9.17) is 0 Å². The van der Waals surface area contributed by atoms with Crippen LogP contribution in [0.25, 0.3) is 188 Å². The number of hydrogen-bond donors (Lipinski definition) is 0. The van der Waals surface area contributed by atoms with E-state index in [2.05, 4.69) is 556 Å². The number of anilines is 6. The lowest BCUT2D eigenvalue weighted by molar-refractivity contribution is 0.660. The molecular formula is C134H96N4. The third kappa shape index (κ3) is 14.6. The average Bonchev–Trinajstić information content (AvgIpc) is 1.58. The lowest BCUT2D eigenvalue weighted by Crippen LogP contribution is -2.16. The van der Waals surface area contributed by atoms with Crippen LogP contribution in [0.4, 0.5) is 34.1 Å². The first-order valence-corrected chi connectivity index (χ1v) is 48.0. The third-order valence-electron chi connectivity index (χ3n) is 29.2. The first-order valence-electron chi connectivity index (χ1n) is 48.0. The average molecular weight is 1760 g/mol. The van der Waals surface area contributed by atoms with E-state index in [0.29, 0.717) is 0 Å². The second-order valence-electron chi connectivity index (χ2n) is 37.9. The fraction of sp³-hybridized carbons (Fsp3) is 0.0448. The number of benzene rings is 22. The minimum Gasteiger partial charge on any atom is -0.310 e. The topological polar surface area (TPSA) is 16.3 Å². The van der Waals surface area contributed by atoms with Crippen LogP contribution in [0.15, 0.2) is 510 Å². The van der Waals surface area contributed by atoms with Gasteiger partial charge in [0.15, 0.2) is 0 Å². The summed E-state index contributed by atoms with van der Waals surface area (Å²) in [6, 6.07) is 187. The highest BCUT2D eigenvalue weighted by atomic mass is 15.1. The molecule has 0 unspecified atom stereocenters. The van der Waals surface area contributed by atoms with Crippen LogP contribution in [0.3, 0.4) is 0 Å². The van der Waals surface area contributed by atoms with Gasteiger partial charge in [-0.05, 0) is 295 Å². The van der Waals surface area contributed by atoms with Gasteiger partial charge in [0, 0.05) is 77.9 Å². The molecule has 0 atom stereocenters. The molecule has 0 amide bonds. The Hall–Kier alpha value is -17.4. The minimum atomic E-state index is -0.119. The molecule has 26 rings (SSSR count). The Kier molecular flexibility index (Phi) is 20.3. The van der Waals surface area contributed by atoms with Crippen molar-refractivity contribution >= 4 is 99.3 Å². The molecule has 0 saturated heterocycles. The standard InChI is InChI=1S/2C67H48N2/c1-67(2)63-24-10-8-21-59(63)60-40-39-56(44-64(60)67)68(53-37-32-50(33-38-53)58-23-13-17-49-16-6-7-20-57(49)58)55-19-12-18-51(42-55)47-26-28-48(29-27-47)52-34-41-66-62(43-52)61-22-9-11-25-65(61)69(66)54-35-30-46(31-36-54)45-14-4-3-5-15-45;1-67(2)63-21-10-8-19-59(63)60-39-38-58(44-64(60)67)68(55-34-31-50(32-35-55)53-28-27-46-15-6-7-16-51(46)41-53)57-18-12-17-52(42-57)48-23-25-49(26-24-48)54-33-40-66-62(43-54)61-20-9-11-22-65(61)69(66)56-36-29-47(30-37-56)45-13-4-3-5-14-45/h2*3-44H,1-2H3. The lowest BCUT2D eigenvalue weighted by atomic mass is 9.82. The van der Waals surface area contributed by atoms with Crippen molar-refractivity contribution in [3.63, 3.8) is 0 Å². The van der Waals surface area contributed by atoms with Crippen molar-refractivity contribution in [2.24, 2.45) is 0 Å². The maximum absolute atomic E-state index is 2.42. The van der Waals surface area contributed by atoms with Crippen LogP contribution in [0, 0.1) is 0 Å². The summed E-state index contributed by atoms with van der Waals surface area (Å²) in [6.07, 6.45) is 0. The Morgan fingerprint density at radius 2 is 0.442 bits per heavy atom. The summed E-state index contributed by atoms with van der Waals surface area (Å²) in [5.41, 5.74) is 43.6. The molecular weight excluding hydrogens is 1670 g/mol. The summed E-state index contributed by atoms with van der Waals surface area (Å²) < 4.78 is 4.79. The van der Waals surface area contributed by atoms with E-state index in [-0.39, 0.29) is 10.8 Å². The zero-order chi connectivity index (χ0) is 92.1. The molecule has 2 aliphatic carbocycles. The van der Waals surface area contributed by atoms with Crippen molar-refractivity contribution < 1.29 is 0 Å². The maximum Gasteiger partial charge on any atom is 0.0541 e. The predicted molar refractivity (Wildman–Crippen MR) is 585 cm³/mol. The number of para-hydroxylation sites is 2.